The van der Waals surface area contributed by atoms with E-state index in [0.717, 1.165) is 0 Å². The second-order valence-corrected chi connectivity index (χ2v) is 12.8. The molecule has 0 heterocycles. The summed E-state index contributed by atoms with van der Waals surface area (Å²) in [6.45, 7) is 14.4. The Morgan fingerprint density at radius 1 is 0.605 bits per heavy atom. The van der Waals surface area contributed by atoms with Crippen molar-refractivity contribution in [1.29, 1.82) is 0 Å². The molecular weight excluding hydrogens is 550 g/mol. The van der Waals surface area contributed by atoms with Gasteiger partial charge in [-0.3, -0.25) is 28.8 Å². The molecule has 11 heteroatoms. The maximum atomic E-state index is 14.0. The summed E-state index contributed by atoms with van der Waals surface area (Å²) in [6, 6.07) is -3.66. The molecule has 0 fully saturated rings. The normalized spacial score (nSPS) is 14.1. The molecule has 0 aliphatic rings. The highest BCUT2D eigenvalue weighted by Gasteiger charge is 2.43. The van der Waals surface area contributed by atoms with Crippen LogP contribution in [0.15, 0.2) is 0 Å². The second-order valence-electron chi connectivity index (χ2n) is 12.8. The lowest BCUT2D eigenvalue weighted by Crippen LogP contribution is -2.61. The predicted molar refractivity (Wildman–Crippen MR) is 167 cm³/mol. The molecule has 0 spiro atoms. The molecule has 0 bridgehead atoms. The number of ketones is 1. The summed E-state index contributed by atoms with van der Waals surface area (Å²) < 4.78 is 0. The molecule has 0 aliphatic carbocycles. The van der Waals surface area contributed by atoms with Gasteiger partial charge in [-0.15, -0.1) is 12.3 Å². The van der Waals surface area contributed by atoms with Crippen LogP contribution < -0.4 is 5.73 Å². The topological polar surface area (TPSA) is 141 Å². The van der Waals surface area contributed by atoms with Crippen LogP contribution in [-0.2, 0) is 28.8 Å². The molecule has 5 amide bonds. The first kappa shape index (κ1) is 39.6. The van der Waals surface area contributed by atoms with E-state index < -0.39 is 53.7 Å². The van der Waals surface area contributed by atoms with Crippen LogP contribution in [-0.4, -0.2) is 107 Å². The summed E-state index contributed by atoms with van der Waals surface area (Å²) in [6.07, 6.45) is 6.01. The molecule has 0 unspecified atom stereocenters. The van der Waals surface area contributed by atoms with Crippen LogP contribution in [0.2, 0.25) is 0 Å². The summed E-state index contributed by atoms with van der Waals surface area (Å²) >= 11 is 0. The third kappa shape index (κ3) is 10.7. The van der Waals surface area contributed by atoms with Gasteiger partial charge in [-0.2, -0.15) is 0 Å². The van der Waals surface area contributed by atoms with Crippen LogP contribution in [0.25, 0.3) is 0 Å². The van der Waals surface area contributed by atoms with Gasteiger partial charge >= 0.3 is 0 Å². The van der Waals surface area contributed by atoms with Gasteiger partial charge in [0, 0.05) is 41.0 Å². The van der Waals surface area contributed by atoms with Crippen molar-refractivity contribution in [3.63, 3.8) is 0 Å². The molecule has 0 saturated carbocycles. The summed E-state index contributed by atoms with van der Waals surface area (Å²) in [7, 11) is 6.01. The second kappa shape index (κ2) is 17.6. The Morgan fingerprint density at radius 3 is 1.23 bits per heavy atom. The minimum Gasteiger partial charge on any atom is -0.368 e. The van der Waals surface area contributed by atoms with Gasteiger partial charge in [0.1, 0.15) is 30.0 Å². The number of Topliss-reactive ketones (excluding diaryl/α,β-unsaturated/α-hetero) is 1. The smallest absolute Gasteiger partial charge is 0.246 e. The quantitative estimate of drug-likeness (QED) is 0.153. The zero-order valence-electron chi connectivity index (χ0n) is 28.3. The fraction of sp³-hybridized carbons (Fsp3) is 0.750. The van der Waals surface area contributed by atoms with Crippen LogP contribution in [0.1, 0.15) is 81.1 Å². The van der Waals surface area contributed by atoms with E-state index in [1.807, 2.05) is 0 Å². The predicted octanol–water partition coefficient (Wildman–Crippen LogP) is 2.17. The molecule has 0 aromatic rings. The maximum absolute atomic E-state index is 14.0. The van der Waals surface area contributed by atoms with Gasteiger partial charge in [-0.05, 0) is 30.1 Å². The number of primary amides is 1. The van der Waals surface area contributed by atoms with E-state index in [4.69, 9.17) is 12.2 Å². The zero-order valence-corrected chi connectivity index (χ0v) is 28.3. The average Bonchev–Trinajstić information content (AvgIpc) is 2.87. The van der Waals surface area contributed by atoms with E-state index in [0.29, 0.717) is 12.8 Å². The largest absolute Gasteiger partial charge is 0.368 e. The molecule has 0 aliphatic heterocycles. The van der Waals surface area contributed by atoms with Crippen molar-refractivity contribution in [3.05, 3.63) is 0 Å². The minimum absolute atomic E-state index is 0.183. The van der Waals surface area contributed by atoms with Crippen LogP contribution >= 0.6 is 0 Å². The first-order valence-electron chi connectivity index (χ1n) is 15.0. The van der Waals surface area contributed by atoms with E-state index in [1.54, 1.807) is 55.4 Å². The number of carbonyl (C=O) groups is 6. The number of carbonyl (C=O) groups excluding carboxylic acids is 6. The summed E-state index contributed by atoms with van der Waals surface area (Å²) in [5.74, 6) is -1.47. The Bertz CT molecular complexity index is 1050. The lowest BCUT2D eigenvalue weighted by Gasteiger charge is -2.41. The first-order chi connectivity index (χ1) is 19.7. The highest BCUT2D eigenvalue weighted by Crippen LogP contribution is 2.23. The fourth-order valence-electron chi connectivity index (χ4n) is 5.62. The molecule has 244 valence electrons. The van der Waals surface area contributed by atoms with E-state index in [9.17, 15) is 28.8 Å². The number of hydrogen-bond acceptors (Lipinski definition) is 6. The fourth-order valence-corrected chi connectivity index (χ4v) is 5.62. The van der Waals surface area contributed by atoms with Gasteiger partial charge < -0.3 is 25.3 Å². The maximum Gasteiger partial charge on any atom is 0.246 e. The van der Waals surface area contributed by atoms with Crippen LogP contribution in [0.3, 0.4) is 0 Å². The number of hydrogen-bond donors (Lipinski definition) is 1. The number of nitrogens with two attached hydrogens (primary N) is 1. The zero-order chi connectivity index (χ0) is 33.9. The Morgan fingerprint density at radius 2 is 0.930 bits per heavy atom. The Labute approximate surface area is 258 Å². The summed E-state index contributed by atoms with van der Waals surface area (Å²) in [5.41, 5.74) is 5.59. The molecule has 4 atom stereocenters. The molecule has 0 aromatic carbocycles. The van der Waals surface area contributed by atoms with Crippen molar-refractivity contribution < 1.29 is 28.8 Å². The van der Waals surface area contributed by atoms with Crippen molar-refractivity contribution in [1.82, 2.24) is 19.6 Å². The third-order valence-electron chi connectivity index (χ3n) is 7.81. The SMILES string of the molecule is C#CCCCC(=O)CC(=O)N(C)[C@H](C(=O)N(C)[C@H](C(=O)N(C)[C@H](C(=O)N(C)[C@H](C(N)=O)C(C)C)C(C)C)C(C)C)C(C)C. The molecule has 2 N–H and O–H groups in total. The van der Waals surface area contributed by atoms with Gasteiger partial charge in [-0.25, -0.2) is 0 Å². The Hall–Kier alpha value is -3.42. The Balaban J connectivity index is 6.22. The van der Waals surface area contributed by atoms with Crippen molar-refractivity contribution in [2.75, 3.05) is 28.2 Å². The monoisotopic (exact) mass is 605 g/mol. The number of rotatable bonds is 17. The van der Waals surface area contributed by atoms with Crippen molar-refractivity contribution in [2.45, 2.75) is 105 Å². The van der Waals surface area contributed by atoms with Gasteiger partial charge in [0.2, 0.25) is 29.5 Å². The van der Waals surface area contributed by atoms with Crippen LogP contribution in [0.5, 0.6) is 0 Å². The van der Waals surface area contributed by atoms with Gasteiger partial charge in [0.15, 0.2) is 0 Å². The van der Waals surface area contributed by atoms with E-state index in [2.05, 4.69) is 5.92 Å². The molecule has 43 heavy (non-hydrogen) atoms. The Kier molecular flexibility index (Phi) is 16.2. The summed E-state index contributed by atoms with van der Waals surface area (Å²) in [5, 5.41) is 0. The van der Waals surface area contributed by atoms with Crippen LogP contribution in [0, 0.1) is 36.0 Å². The third-order valence-corrected chi connectivity index (χ3v) is 7.81. The van der Waals surface area contributed by atoms with Gasteiger partial charge in [-0.1, -0.05) is 55.4 Å². The number of likely N-dealkylation sites (N-methyl/N-ethyl adjacent to an activating group) is 4. The molecule has 0 rings (SSSR count). The summed E-state index contributed by atoms with van der Waals surface area (Å²) in [4.78, 5) is 84.3. The minimum atomic E-state index is -0.955. The van der Waals surface area contributed by atoms with Crippen molar-refractivity contribution in [2.24, 2.45) is 29.4 Å². The standard InChI is InChI=1S/C32H55N5O6/c1-14-15-16-17-23(38)18-24(39)34(10)26(20(4)5)30(41)36(12)28(22(8)9)32(43)37(13)27(21(6)7)31(42)35(11)25(19(2)3)29(33)40/h1,19-22,25-28H,15-18H2,2-13H3,(H2,33,40)/t25-,26-,27-,28-/m0/s1. The van der Waals surface area contributed by atoms with Crippen molar-refractivity contribution >= 4 is 35.3 Å². The molecule has 0 aromatic heterocycles. The lowest BCUT2D eigenvalue weighted by atomic mass is 9.94. The van der Waals surface area contributed by atoms with Gasteiger partial charge in [0.25, 0.3) is 0 Å². The highest BCUT2D eigenvalue weighted by molar-refractivity contribution is 6.00. The van der Waals surface area contributed by atoms with E-state index >= 15 is 0 Å². The number of nitrogens with zero attached hydrogens (tertiary/aromatic N) is 4. The first-order valence-corrected chi connectivity index (χ1v) is 15.0. The molecule has 11 nitrogen and oxygen atoms in total. The molecular formula is C32H55N5O6. The number of unbranched alkanes of at least 4 members (excludes halogenated alkanes) is 1. The average molecular weight is 606 g/mol. The lowest BCUT2D eigenvalue weighted by molar-refractivity contribution is -0.157. The molecule has 0 radical (unpaired) electrons. The number of amides is 5. The molecule has 0 saturated heterocycles. The van der Waals surface area contributed by atoms with Crippen molar-refractivity contribution in [3.8, 4) is 12.3 Å². The number of terminal acetylenes is 1. The highest BCUT2D eigenvalue weighted by atomic mass is 16.2. The van der Waals surface area contributed by atoms with Gasteiger partial charge in [0.05, 0.1) is 6.42 Å². The van der Waals surface area contributed by atoms with E-state index in [-0.39, 0.29) is 42.3 Å². The van der Waals surface area contributed by atoms with Crippen LogP contribution in [0.4, 0.5) is 0 Å². The van der Waals surface area contributed by atoms with E-state index in [1.165, 1.54) is 47.8 Å².